The molecule has 0 fully saturated rings. The van der Waals surface area contributed by atoms with E-state index in [-0.39, 0.29) is 12.1 Å². The fourth-order valence-corrected chi connectivity index (χ4v) is 1.44. The molecule has 1 aromatic rings. The topological polar surface area (TPSA) is 76.1 Å². The van der Waals surface area contributed by atoms with Crippen LogP contribution in [0.5, 0.6) is 0 Å². The molecule has 5 nitrogen and oxygen atoms in total. The molecule has 0 aliphatic carbocycles. The minimum atomic E-state index is -0.105. The number of nitrogens with one attached hydrogen (secondary N) is 1. The second-order valence-electron chi connectivity index (χ2n) is 4.38. The smallest absolute Gasteiger partial charge is 0.0730 e. The van der Waals surface area contributed by atoms with Crippen LogP contribution in [0.3, 0.4) is 0 Å². The number of aliphatic hydroxyl groups is 1. The highest BCUT2D eigenvalue weighted by atomic mass is 16.3. The van der Waals surface area contributed by atoms with Gasteiger partial charge in [-0.1, -0.05) is 0 Å². The molecule has 1 heterocycles. The van der Waals surface area contributed by atoms with Gasteiger partial charge in [-0.25, -0.2) is 0 Å². The van der Waals surface area contributed by atoms with Crippen molar-refractivity contribution in [1.29, 1.82) is 0 Å². The summed E-state index contributed by atoms with van der Waals surface area (Å²) in [5.41, 5.74) is 7.31. The van der Waals surface area contributed by atoms with Crippen molar-refractivity contribution < 1.29 is 5.11 Å². The molecule has 15 heavy (non-hydrogen) atoms. The van der Waals surface area contributed by atoms with Gasteiger partial charge in [-0.05, 0) is 20.8 Å². The van der Waals surface area contributed by atoms with Crippen LogP contribution in [0.15, 0.2) is 6.20 Å². The minimum Gasteiger partial charge on any atom is -0.396 e. The molecule has 0 bridgehead atoms. The van der Waals surface area contributed by atoms with E-state index >= 15 is 0 Å². The number of β-amino-alcohol motifs (C(OH)–C–C–N with tert-alkyl or cyclic N) is 1. The van der Waals surface area contributed by atoms with Gasteiger partial charge in [0.15, 0.2) is 0 Å². The van der Waals surface area contributed by atoms with Gasteiger partial charge in [0.2, 0.25) is 0 Å². The number of aromatic nitrogens is 2. The second kappa shape index (κ2) is 4.63. The molecular weight excluding hydrogens is 192 g/mol. The highest BCUT2D eigenvalue weighted by molar-refractivity contribution is 5.39. The van der Waals surface area contributed by atoms with Crippen molar-refractivity contribution in [3.05, 3.63) is 11.9 Å². The van der Waals surface area contributed by atoms with E-state index in [1.165, 1.54) is 0 Å². The van der Waals surface area contributed by atoms with Crippen molar-refractivity contribution in [3.63, 3.8) is 0 Å². The number of hydrogen-bond acceptors (Lipinski definition) is 4. The quantitative estimate of drug-likeness (QED) is 0.648. The van der Waals surface area contributed by atoms with E-state index in [1.54, 1.807) is 6.20 Å². The van der Waals surface area contributed by atoms with Crippen molar-refractivity contribution in [3.8, 4) is 0 Å². The molecule has 0 unspecified atom stereocenters. The third-order valence-electron chi connectivity index (χ3n) is 2.40. The first kappa shape index (κ1) is 12.0. The first-order chi connectivity index (χ1) is 6.96. The summed E-state index contributed by atoms with van der Waals surface area (Å²) in [6, 6.07) is 0. The molecule has 0 atom stereocenters. The van der Waals surface area contributed by atoms with Crippen LogP contribution in [0.4, 0.5) is 5.69 Å². The Morgan fingerprint density at radius 2 is 2.27 bits per heavy atom. The highest BCUT2D eigenvalue weighted by Gasteiger charge is 2.19. The Labute approximate surface area is 90.3 Å². The average Bonchev–Trinajstić information content (AvgIpc) is 2.46. The standard InChI is InChI=1S/C10H20N4O/c1-8-9(11)6-13-14(8)7-10(2,3)12-4-5-15/h6,12,15H,4-5,7,11H2,1-3H3. The predicted octanol–water partition coefficient (Wildman–Crippen LogP) is 0.134. The Hall–Kier alpha value is -1.07. The first-order valence-electron chi connectivity index (χ1n) is 5.10. The molecule has 0 aromatic carbocycles. The van der Waals surface area contributed by atoms with E-state index in [1.807, 2.05) is 11.6 Å². The monoisotopic (exact) mass is 212 g/mol. The maximum absolute atomic E-state index is 8.75. The van der Waals surface area contributed by atoms with Crippen LogP contribution < -0.4 is 11.1 Å². The van der Waals surface area contributed by atoms with Crippen LogP contribution in [-0.2, 0) is 6.54 Å². The van der Waals surface area contributed by atoms with Gasteiger partial charge < -0.3 is 16.2 Å². The van der Waals surface area contributed by atoms with Crippen LogP contribution in [0.25, 0.3) is 0 Å². The molecule has 1 aromatic heterocycles. The second-order valence-corrected chi connectivity index (χ2v) is 4.38. The summed E-state index contributed by atoms with van der Waals surface area (Å²) in [7, 11) is 0. The Morgan fingerprint density at radius 1 is 1.60 bits per heavy atom. The van der Waals surface area contributed by atoms with Gasteiger partial charge in [0, 0.05) is 12.1 Å². The van der Waals surface area contributed by atoms with Gasteiger partial charge in [0.05, 0.1) is 30.7 Å². The molecule has 86 valence electrons. The summed E-state index contributed by atoms with van der Waals surface area (Å²) in [4.78, 5) is 0. The van der Waals surface area contributed by atoms with E-state index in [4.69, 9.17) is 10.8 Å². The van der Waals surface area contributed by atoms with Gasteiger partial charge in [-0.15, -0.1) is 0 Å². The summed E-state index contributed by atoms with van der Waals surface area (Å²) in [5.74, 6) is 0. The Kier molecular flexibility index (Phi) is 3.71. The van der Waals surface area contributed by atoms with Crippen molar-refractivity contribution in [2.24, 2.45) is 0 Å². The third-order valence-corrected chi connectivity index (χ3v) is 2.40. The van der Waals surface area contributed by atoms with E-state index in [0.29, 0.717) is 12.2 Å². The van der Waals surface area contributed by atoms with Crippen LogP contribution >= 0.6 is 0 Å². The van der Waals surface area contributed by atoms with Crippen molar-refractivity contribution in [2.45, 2.75) is 32.9 Å². The Bertz CT molecular complexity index is 319. The largest absolute Gasteiger partial charge is 0.396 e. The van der Waals surface area contributed by atoms with E-state index in [0.717, 1.165) is 12.2 Å². The summed E-state index contributed by atoms with van der Waals surface area (Å²) in [5, 5.41) is 16.2. The van der Waals surface area contributed by atoms with Crippen LogP contribution in [-0.4, -0.2) is 33.6 Å². The number of nitrogen functional groups attached to an aromatic ring is 1. The molecule has 0 aliphatic heterocycles. The van der Waals surface area contributed by atoms with Crippen molar-refractivity contribution in [2.75, 3.05) is 18.9 Å². The molecule has 0 radical (unpaired) electrons. The van der Waals surface area contributed by atoms with Gasteiger partial charge in [-0.3, -0.25) is 4.68 Å². The number of hydrogen-bond donors (Lipinski definition) is 3. The average molecular weight is 212 g/mol. The van der Waals surface area contributed by atoms with Crippen LogP contribution in [0, 0.1) is 6.92 Å². The van der Waals surface area contributed by atoms with E-state index in [9.17, 15) is 0 Å². The minimum absolute atomic E-state index is 0.105. The lowest BCUT2D eigenvalue weighted by molar-refractivity contribution is 0.250. The SMILES string of the molecule is Cc1c(N)cnn1CC(C)(C)NCCO. The summed E-state index contributed by atoms with van der Waals surface area (Å²) in [6.07, 6.45) is 1.66. The summed E-state index contributed by atoms with van der Waals surface area (Å²) in [6.45, 7) is 7.55. The maximum atomic E-state index is 8.75. The number of nitrogens with zero attached hydrogens (tertiary/aromatic N) is 2. The van der Waals surface area contributed by atoms with Crippen LogP contribution in [0.1, 0.15) is 19.5 Å². The van der Waals surface area contributed by atoms with Gasteiger partial charge in [0.1, 0.15) is 0 Å². The van der Waals surface area contributed by atoms with Crippen molar-refractivity contribution in [1.82, 2.24) is 15.1 Å². The Balaban J connectivity index is 2.64. The van der Waals surface area contributed by atoms with Crippen molar-refractivity contribution >= 4 is 5.69 Å². The van der Waals surface area contributed by atoms with Gasteiger partial charge >= 0.3 is 0 Å². The summed E-state index contributed by atoms with van der Waals surface area (Å²) < 4.78 is 1.87. The number of anilines is 1. The molecule has 0 saturated heterocycles. The highest BCUT2D eigenvalue weighted by Crippen LogP contribution is 2.12. The fourth-order valence-electron chi connectivity index (χ4n) is 1.44. The Morgan fingerprint density at radius 3 is 2.73 bits per heavy atom. The molecule has 5 heteroatoms. The van der Waals surface area contributed by atoms with E-state index in [2.05, 4.69) is 24.3 Å². The molecule has 1 rings (SSSR count). The number of rotatable bonds is 5. The van der Waals surface area contributed by atoms with Gasteiger partial charge in [-0.2, -0.15) is 5.10 Å². The predicted molar refractivity (Wildman–Crippen MR) is 60.5 cm³/mol. The number of nitrogens with two attached hydrogens (primary N) is 1. The molecule has 0 spiro atoms. The summed E-state index contributed by atoms with van der Waals surface area (Å²) >= 11 is 0. The lowest BCUT2D eigenvalue weighted by atomic mass is 10.1. The lowest BCUT2D eigenvalue weighted by Crippen LogP contribution is -2.44. The lowest BCUT2D eigenvalue weighted by Gasteiger charge is -2.26. The first-order valence-corrected chi connectivity index (χ1v) is 5.10. The van der Waals surface area contributed by atoms with Gasteiger partial charge in [0.25, 0.3) is 0 Å². The number of aliphatic hydroxyl groups excluding tert-OH is 1. The maximum Gasteiger partial charge on any atom is 0.0730 e. The molecule has 4 N–H and O–H groups in total. The van der Waals surface area contributed by atoms with E-state index < -0.39 is 0 Å². The molecule has 0 aliphatic rings. The molecular formula is C10H20N4O. The molecule has 0 amide bonds. The fraction of sp³-hybridized carbons (Fsp3) is 0.700. The zero-order chi connectivity index (χ0) is 11.5. The van der Waals surface area contributed by atoms with Crippen LogP contribution in [0.2, 0.25) is 0 Å². The zero-order valence-electron chi connectivity index (χ0n) is 9.62. The molecule has 0 saturated carbocycles. The zero-order valence-corrected chi connectivity index (χ0v) is 9.62. The third kappa shape index (κ3) is 3.21. The normalized spacial score (nSPS) is 12.0.